The third-order valence-electron chi connectivity index (χ3n) is 3.59. The standard InChI is InChI=1S/C17H24O4/c1-16(2,3)13(17(4,5)6)12-10(14(18)19)8-7-9-11(12)15(20)21/h7-9,13H,1-6H3,(H,18,19)(H,20,21). The molecule has 1 aromatic carbocycles. The molecule has 0 aromatic heterocycles. The molecule has 4 heteroatoms. The molecule has 21 heavy (non-hydrogen) atoms. The molecule has 0 aliphatic carbocycles. The maximum absolute atomic E-state index is 11.6. The highest BCUT2D eigenvalue weighted by Crippen LogP contribution is 2.49. The Morgan fingerprint density at radius 2 is 1.19 bits per heavy atom. The second-order valence-corrected chi connectivity index (χ2v) is 7.54. The summed E-state index contributed by atoms with van der Waals surface area (Å²) in [5.74, 6) is -2.39. The van der Waals surface area contributed by atoms with Crippen LogP contribution in [0.1, 0.15) is 73.7 Å². The Bertz CT molecular complexity index is 513. The molecular formula is C17H24O4. The number of carboxylic acid groups (broad SMARTS) is 2. The molecule has 2 N–H and O–H groups in total. The number of carboxylic acids is 2. The second kappa shape index (κ2) is 5.51. The van der Waals surface area contributed by atoms with Gasteiger partial charge in [0.15, 0.2) is 0 Å². The molecule has 1 rings (SSSR count). The number of rotatable bonds is 3. The molecule has 0 fully saturated rings. The topological polar surface area (TPSA) is 74.6 Å². The molecule has 0 heterocycles. The highest BCUT2D eigenvalue weighted by molar-refractivity contribution is 5.97. The monoisotopic (exact) mass is 292 g/mol. The Morgan fingerprint density at radius 1 is 0.857 bits per heavy atom. The van der Waals surface area contributed by atoms with E-state index in [9.17, 15) is 19.8 Å². The Balaban J connectivity index is 3.79. The van der Waals surface area contributed by atoms with Crippen LogP contribution in [0.15, 0.2) is 18.2 Å². The van der Waals surface area contributed by atoms with Crippen LogP contribution < -0.4 is 0 Å². The maximum Gasteiger partial charge on any atom is 0.335 e. The zero-order valence-electron chi connectivity index (χ0n) is 13.5. The van der Waals surface area contributed by atoms with Crippen LogP contribution in [0.3, 0.4) is 0 Å². The minimum atomic E-state index is -1.09. The van der Waals surface area contributed by atoms with Crippen LogP contribution in [0, 0.1) is 10.8 Å². The van der Waals surface area contributed by atoms with Gasteiger partial charge in [-0.05, 0) is 34.4 Å². The fourth-order valence-corrected chi connectivity index (χ4v) is 3.41. The molecule has 0 saturated carbocycles. The van der Waals surface area contributed by atoms with Crippen molar-refractivity contribution >= 4 is 11.9 Å². The quantitative estimate of drug-likeness (QED) is 0.873. The minimum absolute atomic E-state index is 0.0738. The fraction of sp³-hybridized carbons (Fsp3) is 0.529. The Hall–Kier alpha value is -1.84. The molecule has 0 aliphatic rings. The highest BCUT2D eigenvalue weighted by atomic mass is 16.4. The lowest BCUT2D eigenvalue weighted by Gasteiger charge is -2.42. The molecule has 0 amide bonds. The van der Waals surface area contributed by atoms with E-state index in [-0.39, 0.29) is 27.9 Å². The first kappa shape index (κ1) is 17.2. The molecule has 4 nitrogen and oxygen atoms in total. The normalized spacial score (nSPS) is 12.5. The molecule has 0 radical (unpaired) electrons. The zero-order valence-corrected chi connectivity index (χ0v) is 13.5. The summed E-state index contributed by atoms with van der Waals surface area (Å²) in [6.07, 6.45) is 0. The summed E-state index contributed by atoms with van der Waals surface area (Å²) in [7, 11) is 0. The van der Waals surface area contributed by atoms with Crippen LogP contribution in [0.5, 0.6) is 0 Å². The predicted octanol–water partition coefficient (Wildman–Crippen LogP) is 4.26. The third kappa shape index (κ3) is 3.63. The van der Waals surface area contributed by atoms with Crippen molar-refractivity contribution in [3.63, 3.8) is 0 Å². The number of benzene rings is 1. The van der Waals surface area contributed by atoms with Crippen LogP contribution in [-0.4, -0.2) is 22.2 Å². The average molecular weight is 292 g/mol. The predicted molar refractivity (Wildman–Crippen MR) is 82.0 cm³/mol. The van der Waals surface area contributed by atoms with E-state index < -0.39 is 11.9 Å². The van der Waals surface area contributed by atoms with Crippen LogP contribution in [0.25, 0.3) is 0 Å². The smallest absolute Gasteiger partial charge is 0.335 e. The van der Waals surface area contributed by atoms with E-state index in [1.165, 1.54) is 18.2 Å². The van der Waals surface area contributed by atoms with Crippen molar-refractivity contribution < 1.29 is 19.8 Å². The number of hydrogen-bond acceptors (Lipinski definition) is 2. The molecule has 0 unspecified atom stereocenters. The summed E-state index contributed by atoms with van der Waals surface area (Å²) >= 11 is 0. The van der Waals surface area contributed by atoms with Crippen LogP contribution in [0.2, 0.25) is 0 Å². The van der Waals surface area contributed by atoms with Crippen molar-refractivity contribution in [1.82, 2.24) is 0 Å². The maximum atomic E-state index is 11.6. The average Bonchev–Trinajstić information content (AvgIpc) is 2.24. The van der Waals surface area contributed by atoms with Gasteiger partial charge < -0.3 is 10.2 Å². The summed E-state index contributed by atoms with van der Waals surface area (Å²) in [6.45, 7) is 12.0. The molecule has 0 bridgehead atoms. The van der Waals surface area contributed by atoms with Gasteiger partial charge in [-0.2, -0.15) is 0 Å². The number of hydrogen-bond donors (Lipinski definition) is 2. The van der Waals surface area contributed by atoms with E-state index in [0.717, 1.165) is 0 Å². The van der Waals surface area contributed by atoms with Gasteiger partial charge in [0.1, 0.15) is 0 Å². The van der Waals surface area contributed by atoms with Crippen molar-refractivity contribution in [2.75, 3.05) is 0 Å². The van der Waals surface area contributed by atoms with Gasteiger partial charge >= 0.3 is 11.9 Å². The second-order valence-electron chi connectivity index (χ2n) is 7.54. The van der Waals surface area contributed by atoms with E-state index in [1.54, 1.807) is 0 Å². The van der Waals surface area contributed by atoms with Crippen LogP contribution >= 0.6 is 0 Å². The Morgan fingerprint density at radius 3 is 1.43 bits per heavy atom. The van der Waals surface area contributed by atoms with Gasteiger partial charge in [0.2, 0.25) is 0 Å². The SMILES string of the molecule is CC(C)(C)C(c1c(C(=O)O)cccc1C(=O)O)C(C)(C)C. The molecule has 116 valence electrons. The molecule has 0 spiro atoms. The van der Waals surface area contributed by atoms with Crippen molar-refractivity contribution in [2.24, 2.45) is 10.8 Å². The van der Waals surface area contributed by atoms with Gasteiger partial charge in [0.25, 0.3) is 0 Å². The summed E-state index contributed by atoms with van der Waals surface area (Å²) in [4.78, 5) is 23.1. The van der Waals surface area contributed by atoms with Gasteiger partial charge in [-0.3, -0.25) is 0 Å². The first-order valence-electron chi connectivity index (χ1n) is 6.97. The van der Waals surface area contributed by atoms with Crippen LogP contribution in [0.4, 0.5) is 0 Å². The molecule has 1 aromatic rings. The van der Waals surface area contributed by atoms with Gasteiger partial charge in [-0.15, -0.1) is 0 Å². The number of aromatic carboxylic acids is 2. The minimum Gasteiger partial charge on any atom is -0.478 e. The lowest BCUT2D eigenvalue weighted by molar-refractivity contribution is 0.0687. The van der Waals surface area contributed by atoms with Crippen molar-refractivity contribution in [1.29, 1.82) is 0 Å². The summed E-state index contributed by atoms with van der Waals surface area (Å²) in [5, 5.41) is 18.9. The summed E-state index contributed by atoms with van der Waals surface area (Å²) in [5.41, 5.74) is 0.0224. The van der Waals surface area contributed by atoms with E-state index >= 15 is 0 Å². The lowest BCUT2D eigenvalue weighted by Crippen LogP contribution is -2.33. The first-order chi connectivity index (χ1) is 9.37. The van der Waals surface area contributed by atoms with Gasteiger partial charge in [0.05, 0.1) is 11.1 Å². The van der Waals surface area contributed by atoms with Crippen molar-refractivity contribution in [3.05, 3.63) is 34.9 Å². The summed E-state index contributed by atoms with van der Waals surface area (Å²) < 4.78 is 0. The van der Waals surface area contributed by atoms with E-state index in [2.05, 4.69) is 0 Å². The fourth-order valence-electron chi connectivity index (χ4n) is 3.41. The first-order valence-corrected chi connectivity index (χ1v) is 6.97. The van der Waals surface area contributed by atoms with Gasteiger partial charge in [0, 0.05) is 0 Å². The number of carbonyl (C=O) groups is 2. The Labute approximate surface area is 125 Å². The van der Waals surface area contributed by atoms with E-state index in [0.29, 0.717) is 5.56 Å². The van der Waals surface area contributed by atoms with Gasteiger partial charge in [-0.25, -0.2) is 9.59 Å². The third-order valence-corrected chi connectivity index (χ3v) is 3.59. The Kier molecular flexibility index (Phi) is 4.51. The van der Waals surface area contributed by atoms with E-state index in [4.69, 9.17) is 0 Å². The van der Waals surface area contributed by atoms with Gasteiger partial charge in [-0.1, -0.05) is 47.6 Å². The van der Waals surface area contributed by atoms with E-state index in [1.807, 2.05) is 41.5 Å². The largest absolute Gasteiger partial charge is 0.478 e. The summed E-state index contributed by atoms with van der Waals surface area (Å²) in [6, 6.07) is 4.45. The molecular weight excluding hydrogens is 268 g/mol. The van der Waals surface area contributed by atoms with Crippen LogP contribution in [-0.2, 0) is 0 Å². The van der Waals surface area contributed by atoms with Crippen molar-refractivity contribution in [3.8, 4) is 0 Å². The molecule has 0 atom stereocenters. The lowest BCUT2D eigenvalue weighted by atomic mass is 9.62. The highest BCUT2D eigenvalue weighted by Gasteiger charge is 2.40. The molecule has 0 aliphatic heterocycles. The van der Waals surface area contributed by atoms with Crippen molar-refractivity contribution in [2.45, 2.75) is 47.5 Å². The zero-order chi connectivity index (χ0) is 16.6. The molecule has 0 saturated heterocycles.